The number of hydrogen-bond acceptors (Lipinski definition) is 2. The molecule has 3 heteroatoms. The molecule has 128 valence electrons. The summed E-state index contributed by atoms with van der Waals surface area (Å²) in [6.45, 7) is 0. The van der Waals surface area contributed by atoms with Crippen molar-refractivity contribution >= 4 is 44.9 Å². The van der Waals surface area contributed by atoms with E-state index in [9.17, 15) is 10.0 Å². The first kappa shape index (κ1) is 16.1. The molecule has 0 aliphatic carbocycles. The minimum atomic E-state index is -1.56. The van der Waals surface area contributed by atoms with Crippen LogP contribution in [0.5, 0.6) is 0 Å². The van der Waals surface area contributed by atoms with Gasteiger partial charge in [-0.15, -0.1) is 0 Å². The molecule has 2 nitrogen and oxygen atoms in total. The van der Waals surface area contributed by atoms with Gasteiger partial charge in [-0.05, 0) is 48.9 Å². The van der Waals surface area contributed by atoms with Gasteiger partial charge in [-0.2, -0.15) is 0 Å². The first-order valence-corrected chi connectivity index (χ1v) is 9.03. The second kappa shape index (κ2) is 6.24. The summed E-state index contributed by atoms with van der Waals surface area (Å²) in [6, 6.07) is 30.4. The third-order valence-corrected chi connectivity index (χ3v) is 5.29. The van der Waals surface area contributed by atoms with Crippen LogP contribution in [0.4, 0.5) is 0 Å². The molecule has 0 aliphatic rings. The van der Waals surface area contributed by atoms with Crippen LogP contribution in [-0.2, 0) is 0 Å². The summed E-state index contributed by atoms with van der Waals surface area (Å²) < 4.78 is 0. The van der Waals surface area contributed by atoms with E-state index in [0.29, 0.717) is 5.46 Å². The van der Waals surface area contributed by atoms with Crippen LogP contribution in [0.25, 0.3) is 43.4 Å². The van der Waals surface area contributed by atoms with E-state index in [2.05, 4.69) is 30.3 Å². The summed E-state index contributed by atoms with van der Waals surface area (Å²) in [4.78, 5) is 0. The Hall–Kier alpha value is -3.14. The largest absolute Gasteiger partial charge is 0.489 e. The predicted molar refractivity (Wildman–Crippen MR) is 114 cm³/mol. The van der Waals surface area contributed by atoms with Crippen molar-refractivity contribution in [3.8, 4) is 11.1 Å². The molecule has 0 spiro atoms. The van der Waals surface area contributed by atoms with Crippen molar-refractivity contribution in [2.24, 2.45) is 0 Å². The second-order valence-corrected chi connectivity index (χ2v) is 6.78. The lowest BCUT2D eigenvalue weighted by Crippen LogP contribution is -2.32. The molecule has 0 radical (unpaired) electrons. The Balaban J connectivity index is 2.06. The van der Waals surface area contributed by atoms with Crippen molar-refractivity contribution in [2.45, 2.75) is 0 Å². The van der Waals surface area contributed by atoms with Gasteiger partial charge in [0.1, 0.15) is 0 Å². The number of hydrogen-bond donors (Lipinski definition) is 2. The highest BCUT2D eigenvalue weighted by Gasteiger charge is 2.23. The Labute approximate surface area is 157 Å². The first-order chi connectivity index (χ1) is 13.3. The molecule has 5 aromatic carbocycles. The molecule has 0 bridgehead atoms. The van der Waals surface area contributed by atoms with Gasteiger partial charge < -0.3 is 10.0 Å². The Morgan fingerprint density at radius 1 is 0.481 bits per heavy atom. The average Bonchev–Trinajstić information content (AvgIpc) is 2.73. The highest BCUT2D eigenvalue weighted by molar-refractivity contribution is 6.65. The van der Waals surface area contributed by atoms with E-state index in [1.807, 2.05) is 60.7 Å². The van der Waals surface area contributed by atoms with Gasteiger partial charge in [-0.3, -0.25) is 0 Å². The molecule has 0 aliphatic heterocycles. The van der Waals surface area contributed by atoms with Gasteiger partial charge in [0.2, 0.25) is 0 Å². The predicted octanol–water partition coefficient (Wildman–Crippen LogP) is 4.49. The van der Waals surface area contributed by atoms with E-state index in [1.165, 1.54) is 5.39 Å². The van der Waals surface area contributed by atoms with E-state index in [-0.39, 0.29) is 0 Å². The molecule has 0 heterocycles. The standard InChI is InChI=1S/C24H17BO2/c26-25(27)24-17(16-8-2-1-3-9-16)14-15-22-20-12-5-4-10-18(20)19-11-6-7-13-21(19)23(22)24/h1-15,26-27H. The molecule has 2 N–H and O–H groups in total. The van der Waals surface area contributed by atoms with E-state index >= 15 is 0 Å². The smallest absolute Gasteiger partial charge is 0.423 e. The third-order valence-electron chi connectivity index (χ3n) is 5.29. The van der Waals surface area contributed by atoms with Crippen LogP contribution in [0, 0.1) is 0 Å². The van der Waals surface area contributed by atoms with Gasteiger partial charge in [0.15, 0.2) is 0 Å². The summed E-state index contributed by atoms with van der Waals surface area (Å²) in [5.74, 6) is 0. The van der Waals surface area contributed by atoms with Crippen LogP contribution in [0.1, 0.15) is 0 Å². The zero-order valence-corrected chi connectivity index (χ0v) is 14.6. The quantitative estimate of drug-likeness (QED) is 0.364. The molecule has 0 aromatic heterocycles. The van der Waals surface area contributed by atoms with E-state index < -0.39 is 7.12 Å². The summed E-state index contributed by atoms with van der Waals surface area (Å²) >= 11 is 0. The lowest BCUT2D eigenvalue weighted by Gasteiger charge is -2.17. The highest BCUT2D eigenvalue weighted by Crippen LogP contribution is 2.36. The fourth-order valence-corrected chi connectivity index (χ4v) is 4.16. The van der Waals surface area contributed by atoms with E-state index in [1.54, 1.807) is 0 Å². The minimum Gasteiger partial charge on any atom is -0.423 e. The van der Waals surface area contributed by atoms with Crippen molar-refractivity contribution in [3.05, 3.63) is 91.0 Å². The summed E-state index contributed by atoms with van der Waals surface area (Å²) in [5, 5.41) is 27.1. The van der Waals surface area contributed by atoms with Crippen LogP contribution >= 0.6 is 0 Å². The van der Waals surface area contributed by atoms with Gasteiger partial charge in [-0.1, -0.05) is 91.0 Å². The molecule has 0 saturated heterocycles. The van der Waals surface area contributed by atoms with Crippen LogP contribution < -0.4 is 5.46 Å². The fraction of sp³-hybridized carbons (Fsp3) is 0. The van der Waals surface area contributed by atoms with Crippen molar-refractivity contribution < 1.29 is 10.0 Å². The van der Waals surface area contributed by atoms with Gasteiger partial charge in [0.05, 0.1) is 0 Å². The minimum absolute atomic E-state index is 0.556. The molecule has 5 rings (SSSR count). The molecular weight excluding hydrogens is 331 g/mol. The highest BCUT2D eigenvalue weighted by atomic mass is 16.4. The molecule has 0 saturated carbocycles. The van der Waals surface area contributed by atoms with Crippen molar-refractivity contribution in [2.75, 3.05) is 0 Å². The Morgan fingerprint density at radius 3 is 1.56 bits per heavy atom. The fourth-order valence-electron chi connectivity index (χ4n) is 4.16. The SMILES string of the molecule is OB(O)c1c(-c2ccccc2)ccc2c3ccccc3c3ccccc3c12. The van der Waals surface area contributed by atoms with Gasteiger partial charge in [-0.25, -0.2) is 0 Å². The molecule has 0 unspecified atom stereocenters. The van der Waals surface area contributed by atoms with Crippen LogP contribution in [0.15, 0.2) is 91.0 Å². The van der Waals surface area contributed by atoms with Crippen LogP contribution in [-0.4, -0.2) is 17.2 Å². The van der Waals surface area contributed by atoms with Gasteiger partial charge >= 0.3 is 7.12 Å². The lowest BCUT2D eigenvalue weighted by molar-refractivity contribution is 0.426. The topological polar surface area (TPSA) is 40.5 Å². The van der Waals surface area contributed by atoms with Crippen LogP contribution in [0.3, 0.4) is 0 Å². The van der Waals surface area contributed by atoms with Gasteiger partial charge in [0.25, 0.3) is 0 Å². The summed E-state index contributed by atoms with van der Waals surface area (Å²) in [7, 11) is -1.56. The first-order valence-electron chi connectivity index (χ1n) is 9.03. The molecule has 27 heavy (non-hydrogen) atoms. The van der Waals surface area contributed by atoms with E-state index in [0.717, 1.165) is 38.1 Å². The Morgan fingerprint density at radius 2 is 0.963 bits per heavy atom. The molecule has 0 atom stereocenters. The van der Waals surface area contributed by atoms with Crippen LogP contribution in [0.2, 0.25) is 0 Å². The maximum atomic E-state index is 10.4. The maximum absolute atomic E-state index is 10.4. The van der Waals surface area contributed by atoms with E-state index in [4.69, 9.17) is 0 Å². The summed E-state index contributed by atoms with van der Waals surface area (Å²) in [6.07, 6.45) is 0. The molecule has 0 amide bonds. The Bertz CT molecular complexity index is 1260. The molecule has 5 aromatic rings. The van der Waals surface area contributed by atoms with Gasteiger partial charge in [0, 0.05) is 0 Å². The normalized spacial score (nSPS) is 11.3. The monoisotopic (exact) mass is 348 g/mol. The summed E-state index contributed by atoms with van der Waals surface area (Å²) in [5.41, 5.74) is 2.37. The van der Waals surface area contributed by atoms with Crippen molar-refractivity contribution in [1.29, 1.82) is 0 Å². The maximum Gasteiger partial charge on any atom is 0.489 e. The Kier molecular flexibility index (Phi) is 3.71. The zero-order chi connectivity index (χ0) is 18.4. The molecular formula is C24H17BO2. The van der Waals surface area contributed by atoms with Crippen molar-refractivity contribution in [1.82, 2.24) is 0 Å². The third kappa shape index (κ3) is 2.44. The van der Waals surface area contributed by atoms with Crippen molar-refractivity contribution in [3.63, 3.8) is 0 Å². The lowest BCUT2D eigenvalue weighted by atomic mass is 9.71. The second-order valence-electron chi connectivity index (χ2n) is 6.78. The molecule has 0 fully saturated rings. The average molecular weight is 348 g/mol. The zero-order valence-electron chi connectivity index (χ0n) is 14.6. The number of fused-ring (bicyclic) bond motifs is 6. The number of benzene rings is 5. The number of rotatable bonds is 2.